The molecule has 4 nitrogen and oxygen atoms in total. The van der Waals surface area contributed by atoms with Crippen LogP contribution in [0.25, 0.3) is 0 Å². The molecular formula is C11H13NO3. The average molecular weight is 207 g/mol. The van der Waals surface area contributed by atoms with E-state index in [1.165, 1.54) is 12.1 Å². The van der Waals surface area contributed by atoms with Gasteiger partial charge in [-0.2, -0.15) is 0 Å². The van der Waals surface area contributed by atoms with Crippen molar-refractivity contribution in [1.29, 1.82) is 0 Å². The number of rotatable bonds is 4. The number of nitro benzene ring substituents is 1. The molecule has 0 atom stereocenters. The summed E-state index contributed by atoms with van der Waals surface area (Å²) >= 11 is 0. The van der Waals surface area contributed by atoms with E-state index in [9.17, 15) is 14.9 Å². The van der Waals surface area contributed by atoms with Crippen LogP contribution in [0.5, 0.6) is 0 Å². The van der Waals surface area contributed by atoms with E-state index in [1.54, 1.807) is 13.0 Å². The molecule has 0 aliphatic heterocycles. The Balaban J connectivity index is 3.25. The summed E-state index contributed by atoms with van der Waals surface area (Å²) < 4.78 is 0. The van der Waals surface area contributed by atoms with Crippen LogP contribution in [-0.4, -0.2) is 10.7 Å². The van der Waals surface area contributed by atoms with Crippen LogP contribution in [0.15, 0.2) is 18.2 Å². The number of hydrogen-bond donors (Lipinski definition) is 0. The van der Waals surface area contributed by atoms with Crippen LogP contribution >= 0.6 is 0 Å². The zero-order valence-corrected chi connectivity index (χ0v) is 8.82. The van der Waals surface area contributed by atoms with E-state index >= 15 is 0 Å². The minimum Gasteiger partial charge on any atom is -0.294 e. The monoisotopic (exact) mass is 207 g/mol. The highest BCUT2D eigenvalue weighted by Crippen LogP contribution is 2.19. The molecule has 0 radical (unpaired) electrons. The van der Waals surface area contributed by atoms with Crippen molar-refractivity contribution in [3.8, 4) is 0 Å². The molecule has 0 bridgehead atoms. The Morgan fingerprint density at radius 3 is 2.53 bits per heavy atom. The lowest BCUT2D eigenvalue weighted by atomic mass is 9.99. The third kappa shape index (κ3) is 2.40. The van der Waals surface area contributed by atoms with Gasteiger partial charge in [0.2, 0.25) is 0 Å². The van der Waals surface area contributed by atoms with Gasteiger partial charge in [-0.3, -0.25) is 14.9 Å². The topological polar surface area (TPSA) is 60.2 Å². The molecule has 1 aromatic rings. The van der Waals surface area contributed by atoms with Crippen molar-refractivity contribution in [2.45, 2.75) is 26.7 Å². The highest BCUT2D eigenvalue weighted by atomic mass is 16.6. The van der Waals surface area contributed by atoms with Crippen LogP contribution < -0.4 is 0 Å². The first-order valence-electron chi connectivity index (χ1n) is 4.90. The second kappa shape index (κ2) is 4.68. The fraction of sp³-hybridized carbons (Fsp3) is 0.364. The van der Waals surface area contributed by atoms with Crippen molar-refractivity contribution in [3.63, 3.8) is 0 Å². The van der Waals surface area contributed by atoms with Gasteiger partial charge < -0.3 is 0 Å². The Morgan fingerprint density at radius 1 is 1.40 bits per heavy atom. The van der Waals surface area contributed by atoms with Gasteiger partial charge in [0.15, 0.2) is 5.78 Å². The second-order valence-corrected chi connectivity index (χ2v) is 3.23. The molecule has 0 aliphatic rings. The molecular weight excluding hydrogens is 194 g/mol. The fourth-order valence-electron chi connectivity index (χ4n) is 1.44. The average Bonchev–Trinajstić information content (AvgIpc) is 2.27. The van der Waals surface area contributed by atoms with E-state index in [0.29, 0.717) is 18.4 Å². The molecule has 0 heterocycles. The summed E-state index contributed by atoms with van der Waals surface area (Å²) in [4.78, 5) is 21.6. The summed E-state index contributed by atoms with van der Waals surface area (Å²) in [7, 11) is 0. The predicted molar refractivity (Wildman–Crippen MR) is 57.1 cm³/mol. The Bertz CT molecular complexity index is 399. The number of carbonyl (C=O) groups is 1. The van der Waals surface area contributed by atoms with Crippen LogP contribution in [-0.2, 0) is 6.42 Å². The van der Waals surface area contributed by atoms with Crippen molar-refractivity contribution in [2.75, 3.05) is 0 Å². The normalized spacial score (nSPS) is 10.0. The van der Waals surface area contributed by atoms with E-state index in [1.807, 2.05) is 6.92 Å². The number of aryl methyl sites for hydroxylation is 1. The van der Waals surface area contributed by atoms with E-state index in [0.717, 1.165) is 5.56 Å². The maximum Gasteiger partial charge on any atom is 0.270 e. The van der Waals surface area contributed by atoms with Crippen LogP contribution in [0.1, 0.15) is 36.2 Å². The maximum atomic E-state index is 11.5. The third-order valence-corrected chi connectivity index (χ3v) is 2.31. The van der Waals surface area contributed by atoms with Gasteiger partial charge in [-0.1, -0.05) is 19.9 Å². The second-order valence-electron chi connectivity index (χ2n) is 3.23. The lowest BCUT2D eigenvalue weighted by molar-refractivity contribution is -0.384. The standard InChI is InChI=1S/C11H13NO3/c1-3-8-5-6-9(12(14)15)7-10(8)11(13)4-2/h5-7H,3-4H2,1-2H3. The summed E-state index contributed by atoms with van der Waals surface area (Å²) in [6, 6.07) is 4.46. The Morgan fingerprint density at radius 2 is 2.07 bits per heavy atom. The van der Waals surface area contributed by atoms with Crippen molar-refractivity contribution in [2.24, 2.45) is 0 Å². The molecule has 0 amide bonds. The van der Waals surface area contributed by atoms with Crippen molar-refractivity contribution >= 4 is 11.5 Å². The SMILES string of the molecule is CCC(=O)c1cc([N+](=O)[O-])ccc1CC. The largest absolute Gasteiger partial charge is 0.294 e. The molecule has 0 aliphatic carbocycles. The van der Waals surface area contributed by atoms with Gasteiger partial charge in [-0.05, 0) is 12.0 Å². The van der Waals surface area contributed by atoms with Crippen molar-refractivity contribution in [3.05, 3.63) is 39.4 Å². The predicted octanol–water partition coefficient (Wildman–Crippen LogP) is 2.75. The van der Waals surface area contributed by atoms with Gasteiger partial charge in [0.1, 0.15) is 0 Å². The summed E-state index contributed by atoms with van der Waals surface area (Å²) in [6.07, 6.45) is 1.08. The molecule has 0 spiro atoms. The van der Waals surface area contributed by atoms with Gasteiger partial charge >= 0.3 is 0 Å². The van der Waals surface area contributed by atoms with E-state index in [4.69, 9.17) is 0 Å². The molecule has 0 N–H and O–H groups in total. The van der Waals surface area contributed by atoms with E-state index in [2.05, 4.69) is 0 Å². The van der Waals surface area contributed by atoms with Crippen molar-refractivity contribution in [1.82, 2.24) is 0 Å². The highest BCUT2D eigenvalue weighted by molar-refractivity contribution is 5.97. The number of nitrogens with zero attached hydrogens (tertiary/aromatic N) is 1. The number of non-ortho nitro benzene ring substituents is 1. The van der Waals surface area contributed by atoms with Gasteiger partial charge in [-0.15, -0.1) is 0 Å². The zero-order valence-electron chi connectivity index (χ0n) is 8.82. The smallest absolute Gasteiger partial charge is 0.270 e. The molecule has 0 saturated carbocycles. The fourth-order valence-corrected chi connectivity index (χ4v) is 1.44. The zero-order chi connectivity index (χ0) is 11.4. The first-order chi connectivity index (χ1) is 7.10. The number of benzene rings is 1. The molecule has 0 unspecified atom stereocenters. The summed E-state index contributed by atoms with van der Waals surface area (Å²) in [6.45, 7) is 3.67. The lowest BCUT2D eigenvalue weighted by Crippen LogP contribution is -2.03. The molecule has 0 fully saturated rings. The van der Waals surface area contributed by atoms with Gasteiger partial charge in [-0.25, -0.2) is 0 Å². The summed E-state index contributed by atoms with van der Waals surface area (Å²) in [5.41, 5.74) is 1.32. The molecule has 1 aromatic carbocycles. The molecule has 15 heavy (non-hydrogen) atoms. The molecule has 80 valence electrons. The quantitative estimate of drug-likeness (QED) is 0.433. The number of nitro groups is 1. The lowest BCUT2D eigenvalue weighted by Gasteiger charge is -2.04. The minimum atomic E-state index is -0.480. The first kappa shape index (κ1) is 11.4. The van der Waals surface area contributed by atoms with Crippen molar-refractivity contribution < 1.29 is 9.72 Å². The number of carbonyl (C=O) groups excluding carboxylic acids is 1. The van der Waals surface area contributed by atoms with E-state index in [-0.39, 0.29) is 11.5 Å². The Labute approximate surface area is 88.1 Å². The Hall–Kier alpha value is -1.71. The van der Waals surface area contributed by atoms with Crippen LogP contribution in [0.4, 0.5) is 5.69 Å². The molecule has 1 rings (SSSR count). The highest BCUT2D eigenvalue weighted by Gasteiger charge is 2.14. The minimum absolute atomic E-state index is 0.0241. The molecule has 0 aromatic heterocycles. The van der Waals surface area contributed by atoms with Gasteiger partial charge in [0.05, 0.1) is 4.92 Å². The number of Topliss-reactive ketones (excluding diaryl/α,β-unsaturated/α-hetero) is 1. The van der Waals surface area contributed by atoms with Gasteiger partial charge in [0.25, 0.3) is 5.69 Å². The van der Waals surface area contributed by atoms with E-state index < -0.39 is 4.92 Å². The van der Waals surface area contributed by atoms with Gasteiger partial charge in [0, 0.05) is 24.1 Å². The number of ketones is 1. The summed E-state index contributed by atoms with van der Waals surface area (Å²) in [5, 5.41) is 10.6. The van der Waals surface area contributed by atoms with Crippen LogP contribution in [0, 0.1) is 10.1 Å². The maximum absolute atomic E-state index is 11.5. The number of hydrogen-bond acceptors (Lipinski definition) is 3. The molecule has 4 heteroatoms. The summed E-state index contributed by atoms with van der Waals surface area (Å²) in [5.74, 6) is -0.0458. The Kier molecular flexibility index (Phi) is 3.55. The first-order valence-corrected chi connectivity index (χ1v) is 4.90. The van der Waals surface area contributed by atoms with Crippen LogP contribution in [0.3, 0.4) is 0 Å². The molecule has 0 saturated heterocycles. The third-order valence-electron chi connectivity index (χ3n) is 2.31. The van der Waals surface area contributed by atoms with Crippen LogP contribution in [0.2, 0.25) is 0 Å².